The summed E-state index contributed by atoms with van der Waals surface area (Å²) in [5.74, 6) is 0.755. The van der Waals surface area contributed by atoms with E-state index in [0.717, 1.165) is 6.07 Å². The first kappa shape index (κ1) is 22.6. The zero-order valence-electron chi connectivity index (χ0n) is 17.9. The number of carbonyl (C=O) groups excluding carboxylic acids is 1. The van der Waals surface area contributed by atoms with Crippen LogP contribution in [0, 0.1) is 0 Å². The zero-order chi connectivity index (χ0) is 23.9. The number of ether oxygens (including phenoxy) is 2. The Bertz CT molecular complexity index is 1240. The minimum absolute atomic E-state index is 0.0434. The molecule has 1 aromatic heterocycles. The highest BCUT2D eigenvalue weighted by Gasteiger charge is 2.34. The number of fused-ring (bicyclic) bond motifs is 2. The largest absolute Gasteiger partial charge is 0.454 e. The Morgan fingerprint density at radius 1 is 1.03 bits per heavy atom. The highest BCUT2D eigenvalue weighted by atomic mass is 35.5. The van der Waals surface area contributed by atoms with Gasteiger partial charge in [-0.25, -0.2) is 4.98 Å². The molecule has 3 aromatic rings. The number of anilines is 1. The maximum absolute atomic E-state index is 13.4. The zero-order valence-corrected chi connectivity index (χ0v) is 18.7. The van der Waals surface area contributed by atoms with Crippen molar-refractivity contribution in [3.8, 4) is 11.5 Å². The van der Waals surface area contributed by atoms with Crippen molar-refractivity contribution in [3.63, 3.8) is 0 Å². The Morgan fingerprint density at radius 2 is 1.79 bits per heavy atom. The van der Waals surface area contributed by atoms with Gasteiger partial charge in [0.25, 0.3) is 5.91 Å². The number of rotatable bonds is 4. The van der Waals surface area contributed by atoms with Crippen LogP contribution in [0.2, 0.25) is 5.02 Å². The summed E-state index contributed by atoms with van der Waals surface area (Å²) >= 11 is 6.08. The number of alkyl halides is 3. The van der Waals surface area contributed by atoms with Gasteiger partial charge in [-0.15, -0.1) is 0 Å². The van der Waals surface area contributed by atoms with Gasteiger partial charge in [0.2, 0.25) is 6.79 Å². The minimum Gasteiger partial charge on any atom is -0.454 e. The topological polar surface area (TPSA) is 72.5 Å². The number of aromatic nitrogens is 1. The summed E-state index contributed by atoms with van der Waals surface area (Å²) in [6.45, 7) is 0.0847. The van der Waals surface area contributed by atoms with Crippen molar-refractivity contribution in [3.05, 3.63) is 58.7 Å². The molecular formula is C24H21ClF3N3O3. The summed E-state index contributed by atoms with van der Waals surface area (Å²) in [5, 5.41) is 7.25. The molecule has 1 saturated carbocycles. The van der Waals surface area contributed by atoms with Crippen LogP contribution in [-0.2, 0) is 6.18 Å². The molecule has 0 radical (unpaired) electrons. The second-order valence-electron chi connectivity index (χ2n) is 8.42. The minimum atomic E-state index is -4.56. The van der Waals surface area contributed by atoms with Gasteiger partial charge in [-0.3, -0.25) is 4.79 Å². The van der Waals surface area contributed by atoms with Crippen LogP contribution < -0.4 is 20.1 Å². The summed E-state index contributed by atoms with van der Waals surface area (Å²) in [5.41, 5.74) is 0.0519. The molecule has 178 valence electrons. The second kappa shape index (κ2) is 8.87. The van der Waals surface area contributed by atoms with Gasteiger partial charge in [-0.2, -0.15) is 13.2 Å². The van der Waals surface area contributed by atoms with Crippen molar-refractivity contribution < 1.29 is 27.4 Å². The van der Waals surface area contributed by atoms with Crippen LogP contribution in [-0.4, -0.2) is 29.8 Å². The molecule has 2 aromatic carbocycles. The quantitative estimate of drug-likeness (QED) is 0.483. The molecule has 0 unspecified atom stereocenters. The summed E-state index contributed by atoms with van der Waals surface area (Å²) in [4.78, 5) is 16.5. The van der Waals surface area contributed by atoms with Gasteiger partial charge >= 0.3 is 6.18 Å². The van der Waals surface area contributed by atoms with E-state index in [-0.39, 0.29) is 30.3 Å². The first-order valence-electron chi connectivity index (χ1n) is 10.9. The smallest absolute Gasteiger partial charge is 0.433 e. The van der Waals surface area contributed by atoms with Crippen LogP contribution >= 0.6 is 11.6 Å². The predicted octanol–water partition coefficient (Wildman–Crippen LogP) is 5.79. The number of pyridine rings is 1. The maximum atomic E-state index is 13.4. The van der Waals surface area contributed by atoms with Gasteiger partial charge < -0.3 is 20.1 Å². The van der Waals surface area contributed by atoms with Crippen LogP contribution in [0.15, 0.2) is 42.5 Å². The molecule has 1 fully saturated rings. The third-order valence-corrected chi connectivity index (χ3v) is 6.36. The molecule has 2 heterocycles. The first-order chi connectivity index (χ1) is 16.3. The Kier molecular flexibility index (Phi) is 5.89. The van der Waals surface area contributed by atoms with Crippen molar-refractivity contribution in [2.24, 2.45) is 0 Å². The van der Waals surface area contributed by atoms with E-state index >= 15 is 0 Å². The maximum Gasteiger partial charge on any atom is 0.433 e. The molecule has 0 atom stereocenters. The third-order valence-electron chi connectivity index (χ3n) is 6.12. The molecule has 10 heteroatoms. The molecule has 1 aliphatic heterocycles. The van der Waals surface area contributed by atoms with Crippen LogP contribution in [0.1, 0.15) is 41.7 Å². The summed E-state index contributed by atoms with van der Waals surface area (Å²) in [6.07, 6.45) is -1.82. The van der Waals surface area contributed by atoms with Gasteiger partial charge in [-0.05, 0) is 62.1 Å². The van der Waals surface area contributed by atoms with E-state index in [1.165, 1.54) is 12.1 Å². The van der Waals surface area contributed by atoms with Crippen LogP contribution in [0.3, 0.4) is 0 Å². The molecule has 6 nitrogen and oxygen atoms in total. The van der Waals surface area contributed by atoms with Crippen molar-refractivity contribution in [2.45, 2.75) is 43.9 Å². The lowest BCUT2D eigenvalue weighted by molar-refractivity contribution is -0.140. The van der Waals surface area contributed by atoms with Gasteiger partial charge in [0, 0.05) is 28.2 Å². The lowest BCUT2D eigenvalue weighted by Gasteiger charge is -2.31. The molecule has 0 saturated heterocycles. The Hall–Kier alpha value is -3.20. The molecule has 0 bridgehead atoms. The number of carbonyl (C=O) groups is 1. The van der Waals surface area contributed by atoms with Crippen LogP contribution in [0.25, 0.3) is 10.9 Å². The van der Waals surface area contributed by atoms with Crippen molar-refractivity contribution in [1.82, 2.24) is 10.3 Å². The predicted molar refractivity (Wildman–Crippen MR) is 121 cm³/mol. The lowest BCUT2D eigenvalue weighted by atomic mass is 9.90. The van der Waals surface area contributed by atoms with Crippen LogP contribution in [0.4, 0.5) is 18.9 Å². The number of nitrogens with zero attached hydrogens (tertiary/aromatic N) is 1. The normalized spacial score (nSPS) is 19.8. The molecule has 2 N–H and O–H groups in total. The highest BCUT2D eigenvalue weighted by molar-refractivity contribution is 6.31. The Morgan fingerprint density at radius 3 is 2.56 bits per heavy atom. The number of amides is 1. The molecule has 1 aliphatic carbocycles. The van der Waals surface area contributed by atoms with Crippen molar-refractivity contribution in [2.75, 3.05) is 12.1 Å². The first-order valence-corrected chi connectivity index (χ1v) is 11.3. The standard InChI is InChI=1S/C24H21ClF3N3O3/c25-13-4-9-18-17(10-13)19(11-21(31-18)24(26,27)28)29-14-5-7-15(8-6-14)30-23(32)16-2-1-3-20-22(16)34-12-33-20/h1-4,9-11,14-15H,5-8,12H2,(H,29,31)(H,30,32). The number of hydrogen-bond acceptors (Lipinski definition) is 5. The Balaban J connectivity index is 1.27. The number of hydrogen-bond donors (Lipinski definition) is 2. The highest BCUT2D eigenvalue weighted by Crippen LogP contribution is 2.37. The molecule has 34 heavy (non-hydrogen) atoms. The van der Waals surface area contributed by atoms with E-state index in [1.54, 1.807) is 24.3 Å². The van der Waals surface area contributed by atoms with E-state index < -0.39 is 11.9 Å². The molecule has 1 amide bonds. The average Bonchev–Trinajstić information content (AvgIpc) is 3.29. The fraction of sp³-hybridized carbons (Fsp3) is 0.333. The van der Waals surface area contributed by atoms with E-state index in [9.17, 15) is 18.0 Å². The number of benzene rings is 2. The average molecular weight is 492 g/mol. The Labute approximate surface area is 198 Å². The van der Waals surface area contributed by atoms with Crippen molar-refractivity contribution in [1.29, 1.82) is 0 Å². The van der Waals surface area contributed by atoms with Gasteiger partial charge in [0.1, 0.15) is 5.69 Å². The second-order valence-corrected chi connectivity index (χ2v) is 8.86. The van der Waals surface area contributed by atoms with Gasteiger partial charge in [-0.1, -0.05) is 17.7 Å². The monoisotopic (exact) mass is 491 g/mol. The molecular weight excluding hydrogens is 471 g/mol. The van der Waals surface area contributed by atoms with E-state index in [1.807, 2.05) is 0 Å². The summed E-state index contributed by atoms with van der Waals surface area (Å²) in [7, 11) is 0. The lowest BCUT2D eigenvalue weighted by Crippen LogP contribution is -2.40. The molecule has 2 aliphatic rings. The fourth-order valence-electron chi connectivity index (χ4n) is 4.44. The number of nitrogens with one attached hydrogen (secondary N) is 2. The number of para-hydroxylation sites is 1. The number of halogens is 4. The fourth-order valence-corrected chi connectivity index (χ4v) is 4.61. The van der Waals surface area contributed by atoms with Crippen molar-refractivity contribution >= 4 is 34.1 Å². The molecule has 0 spiro atoms. The SMILES string of the molecule is O=C(NC1CCC(Nc2cc(C(F)(F)F)nc3ccc(Cl)cc23)CC1)c1cccc2c1OCO2. The third kappa shape index (κ3) is 4.57. The summed E-state index contributed by atoms with van der Waals surface area (Å²) in [6, 6.07) is 10.7. The van der Waals surface area contributed by atoms with E-state index in [0.29, 0.717) is 58.8 Å². The summed E-state index contributed by atoms with van der Waals surface area (Å²) < 4.78 is 50.9. The van der Waals surface area contributed by atoms with E-state index in [4.69, 9.17) is 21.1 Å². The van der Waals surface area contributed by atoms with Crippen LogP contribution in [0.5, 0.6) is 11.5 Å². The molecule has 5 rings (SSSR count). The van der Waals surface area contributed by atoms with Gasteiger partial charge in [0.15, 0.2) is 11.5 Å². The van der Waals surface area contributed by atoms with E-state index in [2.05, 4.69) is 15.6 Å². The van der Waals surface area contributed by atoms with Gasteiger partial charge in [0.05, 0.1) is 11.1 Å².